The molecular formula is C17H16N4O3. The summed E-state index contributed by atoms with van der Waals surface area (Å²) in [6.45, 7) is 3.15. The summed E-state index contributed by atoms with van der Waals surface area (Å²) in [4.78, 5) is 12.9. The number of rotatable bonds is 4. The fraction of sp³-hybridized carbons (Fsp3) is 0.235. The number of hydrogen-bond donors (Lipinski definition) is 1. The molecule has 0 radical (unpaired) electrons. The molecule has 3 rings (SSSR count). The van der Waals surface area contributed by atoms with Crippen LogP contribution in [0.3, 0.4) is 0 Å². The van der Waals surface area contributed by atoms with Gasteiger partial charge in [0.15, 0.2) is 0 Å². The third-order valence-corrected chi connectivity index (χ3v) is 3.85. The van der Waals surface area contributed by atoms with Gasteiger partial charge in [0.2, 0.25) is 0 Å². The maximum atomic E-state index is 11.2. The van der Waals surface area contributed by atoms with Gasteiger partial charge < -0.3 is 15.0 Å². The molecule has 1 aliphatic heterocycles. The van der Waals surface area contributed by atoms with E-state index in [2.05, 4.69) is 10.2 Å². The van der Waals surface area contributed by atoms with Crippen LogP contribution in [0, 0.1) is 21.4 Å². The Labute approximate surface area is 139 Å². The minimum atomic E-state index is -0.495. The normalized spacial score (nSPS) is 14.0. The Kier molecular flexibility index (Phi) is 4.59. The molecule has 1 aliphatic rings. The van der Waals surface area contributed by atoms with Crippen molar-refractivity contribution < 1.29 is 9.66 Å². The minimum Gasteiger partial charge on any atom is -0.378 e. The Morgan fingerprint density at radius 2 is 1.88 bits per heavy atom. The minimum absolute atomic E-state index is 0.119. The summed E-state index contributed by atoms with van der Waals surface area (Å²) in [5, 5.41) is 23.1. The second-order valence-electron chi connectivity index (χ2n) is 5.37. The average Bonchev–Trinajstić information content (AvgIpc) is 2.63. The van der Waals surface area contributed by atoms with Crippen molar-refractivity contribution in [3.8, 4) is 6.07 Å². The highest BCUT2D eigenvalue weighted by Gasteiger charge is 2.15. The Balaban J connectivity index is 1.79. The molecule has 0 aliphatic carbocycles. The first-order valence-electron chi connectivity index (χ1n) is 7.56. The second-order valence-corrected chi connectivity index (χ2v) is 5.37. The van der Waals surface area contributed by atoms with Crippen LogP contribution in [0.5, 0.6) is 0 Å². The van der Waals surface area contributed by atoms with Gasteiger partial charge in [0.05, 0.1) is 29.8 Å². The number of benzene rings is 2. The summed E-state index contributed by atoms with van der Waals surface area (Å²) in [6.07, 6.45) is 0. The van der Waals surface area contributed by atoms with Gasteiger partial charge in [-0.1, -0.05) is 0 Å². The summed E-state index contributed by atoms with van der Waals surface area (Å²) >= 11 is 0. The van der Waals surface area contributed by atoms with E-state index in [0.29, 0.717) is 5.69 Å². The van der Waals surface area contributed by atoms with Crippen molar-refractivity contribution in [1.29, 1.82) is 5.26 Å². The van der Waals surface area contributed by atoms with E-state index in [0.717, 1.165) is 37.7 Å². The zero-order chi connectivity index (χ0) is 16.9. The number of nitrogens with zero attached hydrogens (tertiary/aromatic N) is 3. The standard InChI is InChI=1S/C17H16N4O3/c18-12-13-1-6-16(17(11-13)21(22)23)19-14-2-4-15(5-3-14)20-7-9-24-10-8-20/h1-6,11,19H,7-10H2. The number of ether oxygens (including phenoxy) is 1. The smallest absolute Gasteiger partial charge is 0.293 e. The molecule has 0 saturated carbocycles. The fourth-order valence-corrected chi connectivity index (χ4v) is 2.59. The highest BCUT2D eigenvalue weighted by molar-refractivity contribution is 5.71. The van der Waals surface area contributed by atoms with Gasteiger partial charge in [0, 0.05) is 30.5 Å². The molecule has 7 nitrogen and oxygen atoms in total. The van der Waals surface area contributed by atoms with Crippen molar-refractivity contribution >= 4 is 22.7 Å². The number of morpholine rings is 1. The van der Waals surface area contributed by atoms with Gasteiger partial charge in [-0.05, 0) is 36.4 Å². The molecule has 2 aromatic carbocycles. The number of anilines is 3. The summed E-state index contributed by atoms with van der Waals surface area (Å²) in [7, 11) is 0. The van der Waals surface area contributed by atoms with Gasteiger partial charge in [0.1, 0.15) is 5.69 Å². The lowest BCUT2D eigenvalue weighted by Crippen LogP contribution is -2.36. The van der Waals surface area contributed by atoms with Gasteiger partial charge >= 0.3 is 0 Å². The van der Waals surface area contributed by atoms with E-state index in [1.54, 1.807) is 12.1 Å². The van der Waals surface area contributed by atoms with Crippen LogP contribution in [0.25, 0.3) is 0 Å². The van der Waals surface area contributed by atoms with Crippen LogP contribution < -0.4 is 10.2 Å². The van der Waals surface area contributed by atoms with Crippen molar-refractivity contribution in [1.82, 2.24) is 0 Å². The third-order valence-electron chi connectivity index (χ3n) is 3.85. The summed E-state index contributed by atoms with van der Waals surface area (Å²) in [5.74, 6) is 0. The van der Waals surface area contributed by atoms with Gasteiger partial charge in [-0.25, -0.2) is 0 Å². The molecular weight excluding hydrogens is 308 g/mol. The van der Waals surface area contributed by atoms with Gasteiger partial charge in [0.25, 0.3) is 5.69 Å². The predicted octanol–water partition coefficient (Wildman–Crippen LogP) is 3.05. The summed E-state index contributed by atoms with van der Waals surface area (Å²) in [5.41, 5.74) is 2.34. The number of hydrogen-bond acceptors (Lipinski definition) is 6. The highest BCUT2D eigenvalue weighted by atomic mass is 16.6. The quantitative estimate of drug-likeness (QED) is 0.686. The Bertz CT molecular complexity index is 777. The Morgan fingerprint density at radius 3 is 2.50 bits per heavy atom. The summed E-state index contributed by atoms with van der Waals surface area (Å²) < 4.78 is 5.34. The molecule has 0 bridgehead atoms. The van der Waals surface area contributed by atoms with Crippen LogP contribution in [-0.2, 0) is 4.74 Å². The van der Waals surface area contributed by atoms with Crippen molar-refractivity contribution in [2.75, 3.05) is 36.5 Å². The number of nitrogens with one attached hydrogen (secondary N) is 1. The topological polar surface area (TPSA) is 91.4 Å². The van der Waals surface area contributed by atoms with Crippen LogP contribution in [0.4, 0.5) is 22.7 Å². The second kappa shape index (κ2) is 6.98. The van der Waals surface area contributed by atoms with Crippen molar-refractivity contribution in [2.45, 2.75) is 0 Å². The molecule has 1 heterocycles. The first-order chi connectivity index (χ1) is 11.7. The Morgan fingerprint density at radius 1 is 1.17 bits per heavy atom. The number of nitro groups is 1. The number of nitriles is 1. The molecule has 0 unspecified atom stereocenters. The molecule has 0 aromatic heterocycles. The van der Waals surface area contributed by atoms with Gasteiger partial charge in [-0.15, -0.1) is 0 Å². The molecule has 0 amide bonds. The van der Waals surface area contributed by atoms with Gasteiger partial charge in [-0.2, -0.15) is 5.26 Å². The lowest BCUT2D eigenvalue weighted by molar-refractivity contribution is -0.383. The molecule has 1 fully saturated rings. The maximum Gasteiger partial charge on any atom is 0.293 e. The SMILES string of the molecule is N#Cc1ccc(Nc2ccc(N3CCOCC3)cc2)c([N+](=O)[O-])c1. The van der Waals surface area contributed by atoms with E-state index in [9.17, 15) is 10.1 Å². The van der Waals surface area contributed by atoms with E-state index in [1.807, 2.05) is 30.3 Å². The first kappa shape index (κ1) is 15.8. The van der Waals surface area contributed by atoms with E-state index in [-0.39, 0.29) is 11.3 Å². The third kappa shape index (κ3) is 3.45. The van der Waals surface area contributed by atoms with Crippen molar-refractivity contribution in [3.63, 3.8) is 0 Å². The summed E-state index contributed by atoms with van der Waals surface area (Å²) in [6, 6.07) is 14.0. The average molecular weight is 324 g/mol. The molecule has 1 saturated heterocycles. The largest absolute Gasteiger partial charge is 0.378 e. The molecule has 0 spiro atoms. The number of nitro benzene ring substituents is 1. The lowest BCUT2D eigenvalue weighted by Gasteiger charge is -2.28. The zero-order valence-electron chi connectivity index (χ0n) is 12.9. The van der Waals surface area contributed by atoms with E-state index in [4.69, 9.17) is 10.00 Å². The van der Waals surface area contributed by atoms with Gasteiger partial charge in [-0.3, -0.25) is 10.1 Å². The van der Waals surface area contributed by atoms with Crippen LogP contribution >= 0.6 is 0 Å². The molecule has 122 valence electrons. The zero-order valence-corrected chi connectivity index (χ0v) is 12.9. The van der Waals surface area contributed by atoms with Crippen LogP contribution in [0.15, 0.2) is 42.5 Å². The molecule has 24 heavy (non-hydrogen) atoms. The molecule has 0 atom stereocenters. The van der Waals surface area contributed by atoms with Crippen LogP contribution in [0.1, 0.15) is 5.56 Å². The monoisotopic (exact) mass is 324 g/mol. The highest BCUT2D eigenvalue weighted by Crippen LogP contribution is 2.29. The van der Waals surface area contributed by atoms with E-state index >= 15 is 0 Å². The van der Waals surface area contributed by atoms with Crippen molar-refractivity contribution in [2.24, 2.45) is 0 Å². The Hall–Kier alpha value is -3.11. The van der Waals surface area contributed by atoms with Crippen LogP contribution in [0.2, 0.25) is 0 Å². The maximum absolute atomic E-state index is 11.2. The molecule has 1 N–H and O–H groups in total. The first-order valence-corrected chi connectivity index (χ1v) is 7.56. The fourth-order valence-electron chi connectivity index (χ4n) is 2.59. The molecule has 7 heteroatoms. The predicted molar refractivity (Wildman–Crippen MR) is 90.6 cm³/mol. The van der Waals surface area contributed by atoms with Crippen molar-refractivity contribution in [3.05, 3.63) is 58.1 Å². The van der Waals surface area contributed by atoms with E-state index in [1.165, 1.54) is 6.07 Å². The van der Waals surface area contributed by atoms with Crippen LogP contribution in [-0.4, -0.2) is 31.2 Å². The lowest BCUT2D eigenvalue weighted by atomic mass is 10.1. The van der Waals surface area contributed by atoms with E-state index < -0.39 is 4.92 Å². The molecule has 2 aromatic rings.